The third-order valence-corrected chi connectivity index (χ3v) is 8.86. The van der Waals surface area contributed by atoms with Crippen LogP contribution in [-0.4, -0.2) is 49.3 Å². The van der Waals surface area contributed by atoms with Gasteiger partial charge in [0.25, 0.3) is 0 Å². The summed E-state index contributed by atoms with van der Waals surface area (Å²) in [5.41, 5.74) is 5.33. The second-order valence-corrected chi connectivity index (χ2v) is 14.2. The summed E-state index contributed by atoms with van der Waals surface area (Å²) in [5, 5.41) is 0. The molecule has 0 aliphatic heterocycles. The molecule has 0 rings (SSSR count). The van der Waals surface area contributed by atoms with Gasteiger partial charge in [-0.05, 0) is 83.5 Å². The van der Waals surface area contributed by atoms with E-state index in [-0.39, 0.29) is 32.6 Å². The molecular weight excluding hydrogens is 665 g/mol. The smallest absolute Gasteiger partial charge is 0.462 e. The van der Waals surface area contributed by atoms with Crippen LogP contribution in [0, 0.1) is 0 Å². The molecule has 0 spiro atoms. The van der Waals surface area contributed by atoms with E-state index in [1.807, 2.05) is 0 Å². The van der Waals surface area contributed by atoms with E-state index in [1.165, 1.54) is 44.9 Å². The summed E-state index contributed by atoms with van der Waals surface area (Å²) >= 11 is 0. The van der Waals surface area contributed by atoms with Crippen LogP contribution >= 0.6 is 7.82 Å². The number of nitrogens with two attached hydrogens (primary N) is 1. The number of esters is 2. The molecule has 0 saturated carbocycles. The van der Waals surface area contributed by atoms with Crippen LogP contribution in [0.2, 0.25) is 0 Å². The van der Waals surface area contributed by atoms with Gasteiger partial charge in [0.05, 0.1) is 13.2 Å². The minimum atomic E-state index is -4.39. The van der Waals surface area contributed by atoms with Crippen LogP contribution in [0.15, 0.2) is 60.8 Å². The fourth-order valence-electron chi connectivity index (χ4n) is 4.90. The molecule has 0 fully saturated rings. The number of allylic oxidation sites excluding steroid dienone is 10. The van der Waals surface area contributed by atoms with Crippen molar-refractivity contribution in [2.45, 2.75) is 161 Å². The number of phosphoric acid groups is 1. The number of ether oxygens (including phenoxy) is 2. The Morgan fingerprint density at radius 1 is 0.588 bits per heavy atom. The topological polar surface area (TPSA) is 134 Å². The standard InChI is InChI=1S/C41H72NO8P/c1-3-5-7-9-11-13-15-17-19-21-23-25-27-29-31-33-40(43)47-37-39(38-49-51(45,46)48-36-35-42)50-41(44)34-32-30-28-26-24-22-20-18-16-14-12-10-8-6-4-2/h11-14,17-20,24,26,39H,3-10,15-16,21-23,25,27-38,42H2,1-2H3,(H,45,46)/t39-/m1/s1. The molecule has 0 radical (unpaired) electrons. The molecule has 0 aliphatic carbocycles. The van der Waals surface area contributed by atoms with Gasteiger partial charge in [0.2, 0.25) is 0 Å². The molecule has 1 unspecified atom stereocenters. The average Bonchev–Trinajstić information content (AvgIpc) is 3.11. The fourth-order valence-corrected chi connectivity index (χ4v) is 5.67. The zero-order valence-electron chi connectivity index (χ0n) is 32.1. The second-order valence-electron chi connectivity index (χ2n) is 12.8. The van der Waals surface area contributed by atoms with E-state index in [1.54, 1.807) is 0 Å². The highest BCUT2D eigenvalue weighted by atomic mass is 31.2. The van der Waals surface area contributed by atoms with Crippen molar-refractivity contribution in [3.63, 3.8) is 0 Å². The summed E-state index contributed by atoms with van der Waals surface area (Å²) < 4.78 is 32.6. The van der Waals surface area contributed by atoms with Crippen molar-refractivity contribution in [1.29, 1.82) is 0 Å². The zero-order chi connectivity index (χ0) is 37.5. The van der Waals surface area contributed by atoms with Gasteiger partial charge in [-0.25, -0.2) is 4.57 Å². The molecular formula is C41H72NO8P. The lowest BCUT2D eigenvalue weighted by molar-refractivity contribution is -0.161. The van der Waals surface area contributed by atoms with Crippen molar-refractivity contribution in [3.05, 3.63) is 60.8 Å². The number of rotatable bonds is 36. The normalized spacial score (nSPS) is 14.0. The maximum absolute atomic E-state index is 12.5. The molecule has 0 heterocycles. The predicted molar refractivity (Wildman–Crippen MR) is 210 cm³/mol. The van der Waals surface area contributed by atoms with Gasteiger partial charge in [0.15, 0.2) is 6.10 Å². The largest absolute Gasteiger partial charge is 0.472 e. The van der Waals surface area contributed by atoms with E-state index in [9.17, 15) is 19.0 Å². The Morgan fingerprint density at radius 3 is 1.55 bits per heavy atom. The van der Waals surface area contributed by atoms with Crippen molar-refractivity contribution in [2.75, 3.05) is 26.4 Å². The van der Waals surface area contributed by atoms with E-state index in [4.69, 9.17) is 24.3 Å². The monoisotopic (exact) mass is 737 g/mol. The molecule has 0 saturated heterocycles. The molecule has 9 nitrogen and oxygen atoms in total. The predicted octanol–water partition coefficient (Wildman–Crippen LogP) is 10.9. The van der Waals surface area contributed by atoms with Gasteiger partial charge >= 0.3 is 19.8 Å². The van der Waals surface area contributed by atoms with Gasteiger partial charge in [0, 0.05) is 19.4 Å². The Kier molecular flexibility index (Phi) is 35.8. The minimum Gasteiger partial charge on any atom is -0.462 e. The van der Waals surface area contributed by atoms with Crippen LogP contribution in [0.25, 0.3) is 0 Å². The molecule has 0 aromatic carbocycles. The number of carbonyl (C=O) groups excluding carboxylic acids is 2. The Balaban J connectivity index is 4.32. The summed E-state index contributed by atoms with van der Waals surface area (Å²) in [4.78, 5) is 34.7. The quantitative estimate of drug-likeness (QED) is 0.0279. The molecule has 0 aliphatic rings. The van der Waals surface area contributed by atoms with E-state index in [0.717, 1.165) is 70.6 Å². The van der Waals surface area contributed by atoms with E-state index >= 15 is 0 Å². The molecule has 10 heteroatoms. The zero-order valence-corrected chi connectivity index (χ0v) is 33.0. The number of unbranched alkanes of at least 4 members (excludes halogenated alkanes) is 13. The Morgan fingerprint density at radius 2 is 1.02 bits per heavy atom. The molecule has 0 bridgehead atoms. The van der Waals surface area contributed by atoms with Crippen LogP contribution in [0.4, 0.5) is 0 Å². The van der Waals surface area contributed by atoms with Crippen molar-refractivity contribution in [3.8, 4) is 0 Å². The second kappa shape index (κ2) is 37.5. The van der Waals surface area contributed by atoms with Crippen LogP contribution in [-0.2, 0) is 32.7 Å². The van der Waals surface area contributed by atoms with Gasteiger partial charge < -0.3 is 20.1 Å². The maximum atomic E-state index is 12.5. The van der Waals surface area contributed by atoms with Crippen molar-refractivity contribution >= 4 is 19.8 Å². The molecule has 0 aromatic rings. The first-order chi connectivity index (χ1) is 24.8. The van der Waals surface area contributed by atoms with Crippen molar-refractivity contribution < 1.29 is 37.6 Å². The number of carbonyl (C=O) groups is 2. The van der Waals surface area contributed by atoms with Crippen molar-refractivity contribution in [1.82, 2.24) is 0 Å². The lowest BCUT2D eigenvalue weighted by Crippen LogP contribution is -2.29. The molecule has 0 amide bonds. The maximum Gasteiger partial charge on any atom is 0.472 e. The van der Waals surface area contributed by atoms with Gasteiger partial charge in [-0.1, -0.05) is 120 Å². The summed E-state index contributed by atoms with van der Waals surface area (Å²) in [7, 11) is -4.39. The van der Waals surface area contributed by atoms with E-state index in [2.05, 4.69) is 74.6 Å². The number of hydrogen-bond acceptors (Lipinski definition) is 8. The van der Waals surface area contributed by atoms with Gasteiger partial charge in [-0.15, -0.1) is 0 Å². The van der Waals surface area contributed by atoms with Gasteiger partial charge in [0.1, 0.15) is 6.61 Å². The fraction of sp³-hybridized carbons (Fsp3) is 0.707. The van der Waals surface area contributed by atoms with Crippen LogP contribution < -0.4 is 5.73 Å². The molecule has 3 N–H and O–H groups in total. The molecule has 294 valence electrons. The van der Waals surface area contributed by atoms with Crippen LogP contribution in [0.5, 0.6) is 0 Å². The first-order valence-electron chi connectivity index (χ1n) is 19.8. The number of hydrogen-bond donors (Lipinski definition) is 2. The first-order valence-corrected chi connectivity index (χ1v) is 21.3. The third kappa shape index (κ3) is 37.3. The Labute approximate surface area is 310 Å². The summed E-state index contributed by atoms with van der Waals surface area (Å²) in [6, 6.07) is 0. The number of phosphoric ester groups is 1. The highest BCUT2D eigenvalue weighted by Crippen LogP contribution is 2.43. The van der Waals surface area contributed by atoms with Gasteiger partial charge in [-0.2, -0.15) is 0 Å². The molecule has 51 heavy (non-hydrogen) atoms. The van der Waals surface area contributed by atoms with Crippen LogP contribution in [0.3, 0.4) is 0 Å². The van der Waals surface area contributed by atoms with E-state index in [0.29, 0.717) is 12.8 Å². The highest BCUT2D eigenvalue weighted by Gasteiger charge is 2.25. The highest BCUT2D eigenvalue weighted by molar-refractivity contribution is 7.47. The first kappa shape index (κ1) is 48.7. The molecule has 2 atom stereocenters. The summed E-state index contributed by atoms with van der Waals surface area (Å²) in [6.45, 7) is 3.59. The lowest BCUT2D eigenvalue weighted by Gasteiger charge is -2.19. The van der Waals surface area contributed by atoms with E-state index < -0.39 is 32.5 Å². The minimum absolute atomic E-state index is 0.0425. The summed E-state index contributed by atoms with van der Waals surface area (Å²) in [6.07, 6.45) is 42.5. The Hall–Kier alpha value is -2.29. The van der Waals surface area contributed by atoms with Crippen molar-refractivity contribution in [2.24, 2.45) is 5.73 Å². The third-order valence-electron chi connectivity index (χ3n) is 7.88. The lowest BCUT2D eigenvalue weighted by atomic mass is 10.1. The van der Waals surface area contributed by atoms with Crippen LogP contribution in [0.1, 0.15) is 155 Å². The Bertz CT molecular complexity index is 1020. The van der Waals surface area contributed by atoms with Gasteiger partial charge in [-0.3, -0.25) is 18.6 Å². The average molecular weight is 738 g/mol. The molecule has 0 aromatic heterocycles. The SMILES string of the molecule is CCCCCC=CCC=CCC=CCCCCC(=O)O[C@H](COC(=O)CCCCCCCC=CCC=CCCCCC)COP(=O)(O)OCCN. The summed E-state index contributed by atoms with van der Waals surface area (Å²) in [5.74, 6) is -0.896.